The maximum atomic E-state index is 12.9. The number of imidazole rings is 1. The Kier molecular flexibility index (Phi) is 6.46. The Labute approximate surface area is 179 Å². The Balaban J connectivity index is 1.51. The number of aromatic nitrogens is 2. The number of aliphatic hydroxyl groups excluding tert-OH is 1. The molecule has 1 unspecified atom stereocenters. The second-order valence-corrected chi connectivity index (χ2v) is 8.06. The summed E-state index contributed by atoms with van der Waals surface area (Å²) >= 11 is 0. The highest BCUT2D eigenvalue weighted by Gasteiger charge is 2.24. The minimum absolute atomic E-state index is 0.0186. The molecule has 1 aliphatic carbocycles. The molecule has 1 aliphatic rings. The maximum absolute atomic E-state index is 12.9. The number of hydrogen-bond acceptors (Lipinski definition) is 3. The summed E-state index contributed by atoms with van der Waals surface area (Å²) in [5.74, 6) is 0.605. The molecule has 8 heteroatoms. The standard InChI is InChI=1S/C23H26F2N4O2/c24-21(25)15-7-5-14(6-8-15)13-20(22-27-18-3-1-2-4-19(18)28-22)29-23(31)26-16-9-11-17(30)12-10-16/h1-8,16-17,20-21,30H,9-13H2,(H,27,28)(H2,26,29,31). The van der Waals surface area contributed by atoms with Gasteiger partial charge in [-0.3, -0.25) is 0 Å². The van der Waals surface area contributed by atoms with Crippen LogP contribution in [0.15, 0.2) is 48.5 Å². The molecule has 0 radical (unpaired) electrons. The Bertz CT molecular complexity index is 981. The van der Waals surface area contributed by atoms with Crippen LogP contribution >= 0.6 is 0 Å². The Morgan fingerprint density at radius 3 is 2.48 bits per heavy atom. The molecule has 0 aliphatic heterocycles. The van der Waals surface area contributed by atoms with Crippen molar-refractivity contribution in [2.24, 2.45) is 0 Å². The average molecular weight is 428 g/mol. The second kappa shape index (κ2) is 9.43. The molecule has 1 atom stereocenters. The van der Waals surface area contributed by atoms with Gasteiger partial charge in [-0.15, -0.1) is 0 Å². The van der Waals surface area contributed by atoms with E-state index in [9.17, 15) is 18.7 Å². The van der Waals surface area contributed by atoms with E-state index in [1.165, 1.54) is 12.1 Å². The molecular formula is C23H26F2N4O2. The zero-order chi connectivity index (χ0) is 21.8. The quantitative estimate of drug-likeness (QED) is 0.470. The fourth-order valence-electron chi connectivity index (χ4n) is 3.99. The van der Waals surface area contributed by atoms with Crippen LogP contribution in [-0.4, -0.2) is 33.3 Å². The number of carbonyl (C=O) groups excluding carboxylic acids is 1. The lowest BCUT2D eigenvalue weighted by molar-refractivity contribution is 0.117. The molecule has 2 amide bonds. The summed E-state index contributed by atoms with van der Waals surface area (Å²) in [5.41, 5.74) is 2.43. The number of urea groups is 1. The van der Waals surface area contributed by atoms with Crippen molar-refractivity contribution in [1.29, 1.82) is 0 Å². The van der Waals surface area contributed by atoms with Crippen molar-refractivity contribution in [3.63, 3.8) is 0 Å². The van der Waals surface area contributed by atoms with Crippen LogP contribution in [-0.2, 0) is 6.42 Å². The lowest BCUT2D eigenvalue weighted by Gasteiger charge is -2.27. The van der Waals surface area contributed by atoms with Gasteiger partial charge >= 0.3 is 6.03 Å². The number of hydrogen-bond donors (Lipinski definition) is 4. The number of rotatable bonds is 6. The second-order valence-electron chi connectivity index (χ2n) is 8.06. The molecule has 0 spiro atoms. The summed E-state index contributed by atoms with van der Waals surface area (Å²) in [6.07, 6.45) is 0.416. The fourth-order valence-corrected chi connectivity index (χ4v) is 3.99. The first kappa shape index (κ1) is 21.2. The number of fused-ring (bicyclic) bond motifs is 1. The molecule has 31 heavy (non-hydrogen) atoms. The van der Waals surface area contributed by atoms with E-state index in [0.29, 0.717) is 25.1 Å². The van der Waals surface area contributed by atoms with Crippen LogP contribution in [0.5, 0.6) is 0 Å². The summed E-state index contributed by atoms with van der Waals surface area (Å²) in [6.45, 7) is 0. The molecule has 0 saturated heterocycles. The molecule has 4 N–H and O–H groups in total. The molecule has 164 valence electrons. The van der Waals surface area contributed by atoms with Crippen molar-refractivity contribution < 1.29 is 18.7 Å². The van der Waals surface area contributed by atoms with Gasteiger partial charge in [0.1, 0.15) is 5.82 Å². The summed E-state index contributed by atoms with van der Waals surface area (Å²) in [6, 6.07) is 13.0. The third-order valence-electron chi connectivity index (χ3n) is 5.75. The van der Waals surface area contributed by atoms with Crippen LogP contribution in [0.2, 0.25) is 0 Å². The molecule has 2 aromatic carbocycles. The van der Waals surface area contributed by atoms with E-state index in [-0.39, 0.29) is 23.7 Å². The van der Waals surface area contributed by atoms with Crippen molar-refractivity contribution in [2.45, 2.75) is 56.7 Å². The van der Waals surface area contributed by atoms with Crippen LogP contribution in [0.3, 0.4) is 0 Å². The zero-order valence-corrected chi connectivity index (χ0v) is 17.0. The number of carbonyl (C=O) groups is 1. The normalized spacial score (nSPS) is 20.0. The van der Waals surface area contributed by atoms with Crippen molar-refractivity contribution in [2.75, 3.05) is 0 Å². The van der Waals surface area contributed by atoms with Crippen molar-refractivity contribution in [1.82, 2.24) is 20.6 Å². The highest BCUT2D eigenvalue weighted by Crippen LogP contribution is 2.23. The van der Waals surface area contributed by atoms with Gasteiger partial charge in [-0.1, -0.05) is 36.4 Å². The van der Waals surface area contributed by atoms with Gasteiger partial charge in [0.15, 0.2) is 0 Å². The zero-order valence-electron chi connectivity index (χ0n) is 17.0. The number of nitrogens with zero attached hydrogens (tertiary/aromatic N) is 1. The molecular weight excluding hydrogens is 402 g/mol. The highest BCUT2D eigenvalue weighted by atomic mass is 19.3. The van der Waals surface area contributed by atoms with Crippen LogP contribution in [0.4, 0.5) is 13.6 Å². The summed E-state index contributed by atoms with van der Waals surface area (Å²) in [4.78, 5) is 20.6. The minimum atomic E-state index is -2.52. The number of nitrogens with one attached hydrogen (secondary N) is 3. The molecule has 3 aromatic rings. The minimum Gasteiger partial charge on any atom is -0.393 e. The van der Waals surface area contributed by atoms with Crippen molar-refractivity contribution in [3.05, 3.63) is 65.5 Å². The third-order valence-corrected chi connectivity index (χ3v) is 5.75. The van der Waals surface area contributed by atoms with Crippen LogP contribution in [0.1, 0.15) is 55.1 Å². The summed E-state index contributed by atoms with van der Waals surface area (Å²) < 4.78 is 25.7. The number of para-hydroxylation sites is 2. The first-order valence-corrected chi connectivity index (χ1v) is 10.5. The lowest BCUT2D eigenvalue weighted by atomic mass is 9.93. The Hall–Kier alpha value is -3.00. The van der Waals surface area contributed by atoms with Crippen molar-refractivity contribution >= 4 is 17.1 Å². The first-order chi connectivity index (χ1) is 15.0. The lowest BCUT2D eigenvalue weighted by Crippen LogP contribution is -2.45. The van der Waals surface area contributed by atoms with Crippen LogP contribution < -0.4 is 10.6 Å². The number of aliphatic hydroxyl groups is 1. The number of alkyl halides is 2. The molecule has 4 rings (SSSR count). The molecule has 1 fully saturated rings. The Morgan fingerprint density at radius 1 is 1.10 bits per heavy atom. The molecule has 0 bridgehead atoms. The average Bonchev–Trinajstić information content (AvgIpc) is 3.19. The number of amides is 2. The van der Waals surface area contributed by atoms with Gasteiger partial charge < -0.3 is 20.7 Å². The monoisotopic (exact) mass is 428 g/mol. The van der Waals surface area contributed by atoms with E-state index in [1.54, 1.807) is 12.1 Å². The fraction of sp³-hybridized carbons (Fsp3) is 0.391. The van der Waals surface area contributed by atoms with Gasteiger partial charge in [0.2, 0.25) is 0 Å². The van der Waals surface area contributed by atoms with E-state index < -0.39 is 12.5 Å². The first-order valence-electron chi connectivity index (χ1n) is 10.5. The Morgan fingerprint density at radius 2 is 1.81 bits per heavy atom. The smallest absolute Gasteiger partial charge is 0.315 e. The maximum Gasteiger partial charge on any atom is 0.315 e. The number of H-pyrrole nitrogens is 1. The molecule has 1 heterocycles. The van der Waals surface area contributed by atoms with Gasteiger partial charge in [0.05, 0.1) is 23.2 Å². The van der Waals surface area contributed by atoms with Crippen LogP contribution in [0.25, 0.3) is 11.0 Å². The highest BCUT2D eigenvalue weighted by molar-refractivity contribution is 5.76. The number of aromatic amines is 1. The van der Waals surface area contributed by atoms with E-state index in [2.05, 4.69) is 20.6 Å². The van der Waals surface area contributed by atoms with Gasteiger partial charge in [-0.2, -0.15) is 0 Å². The SMILES string of the molecule is O=C(NC1CCC(O)CC1)NC(Cc1ccc(C(F)F)cc1)c1nc2ccccc2[nH]1. The van der Waals surface area contributed by atoms with E-state index in [0.717, 1.165) is 29.4 Å². The molecule has 6 nitrogen and oxygen atoms in total. The third kappa shape index (κ3) is 5.38. The number of halogens is 2. The van der Waals surface area contributed by atoms with E-state index in [4.69, 9.17) is 0 Å². The molecule has 1 saturated carbocycles. The number of benzene rings is 2. The van der Waals surface area contributed by atoms with Gasteiger partial charge in [0.25, 0.3) is 6.43 Å². The van der Waals surface area contributed by atoms with Crippen molar-refractivity contribution in [3.8, 4) is 0 Å². The largest absolute Gasteiger partial charge is 0.393 e. The predicted molar refractivity (Wildman–Crippen MR) is 114 cm³/mol. The summed E-state index contributed by atoms with van der Waals surface area (Å²) in [5, 5.41) is 15.6. The topological polar surface area (TPSA) is 90.0 Å². The van der Waals surface area contributed by atoms with Crippen LogP contribution in [0, 0.1) is 0 Å². The van der Waals surface area contributed by atoms with E-state index in [1.807, 2.05) is 24.3 Å². The molecule has 1 aromatic heterocycles. The van der Waals surface area contributed by atoms with Gasteiger partial charge in [-0.05, 0) is 49.8 Å². The van der Waals surface area contributed by atoms with Gasteiger partial charge in [-0.25, -0.2) is 18.6 Å². The van der Waals surface area contributed by atoms with E-state index >= 15 is 0 Å². The summed E-state index contributed by atoms with van der Waals surface area (Å²) in [7, 11) is 0. The van der Waals surface area contributed by atoms with Gasteiger partial charge in [0, 0.05) is 11.6 Å². The predicted octanol–water partition coefficient (Wildman–Crippen LogP) is 4.39.